The molecular formula is C21H19N3O4. The molecular weight excluding hydrogens is 358 g/mol. The Bertz CT molecular complexity index is 1040. The predicted molar refractivity (Wildman–Crippen MR) is 101 cm³/mol. The van der Waals surface area contributed by atoms with Crippen molar-refractivity contribution in [3.8, 4) is 17.4 Å². The van der Waals surface area contributed by atoms with E-state index in [1.165, 1.54) is 0 Å². The molecule has 3 heterocycles. The molecule has 28 heavy (non-hydrogen) atoms. The maximum atomic E-state index is 12.7. The Kier molecular flexibility index (Phi) is 4.20. The van der Waals surface area contributed by atoms with Crippen molar-refractivity contribution in [3.05, 3.63) is 54.2 Å². The standard InChI is InChI=1S/C21H19N3O4/c25-21(10-14-5-6-18-19(9-14)27-13-26-18)24-8-7-15(12-24)28-20-11-22-16-3-1-2-4-17(16)23-20/h1-6,9,11,15H,7-8,10,12-13H2. The van der Waals surface area contributed by atoms with Gasteiger partial charge in [-0.05, 0) is 29.8 Å². The summed E-state index contributed by atoms with van der Waals surface area (Å²) in [7, 11) is 0. The minimum Gasteiger partial charge on any atom is -0.471 e. The SMILES string of the molecule is O=C(Cc1ccc2c(c1)OCO2)N1CCC(Oc2cnc3ccccc3n2)C1. The summed E-state index contributed by atoms with van der Waals surface area (Å²) in [5.74, 6) is 1.99. The van der Waals surface area contributed by atoms with Crippen molar-refractivity contribution in [2.75, 3.05) is 19.9 Å². The summed E-state index contributed by atoms with van der Waals surface area (Å²) in [6.45, 7) is 1.46. The predicted octanol–water partition coefficient (Wildman–Crippen LogP) is 2.58. The van der Waals surface area contributed by atoms with Crippen LogP contribution in [-0.2, 0) is 11.2 Å². The molecule has 1 unspecified atom stereocenters. The lowest BCUT2D eigenvalue weighted by atomic mass is 10.1. The first-order chi connectivity index (χ1) is 13.7. The van der Waals surface area contributed by atoms with E-state index in [9.17, 15) is 4.79 Å². The molecule has 3 aromatic rings. The lowest BCUT2D eigenvalue weighted by Crippen LogP contribution is -2.32. The fourth-order valence-corrected chi connectivity index (χ4v) is 3.56. The van der Waals surface area contributed by atoms with Crippen molar-refractivity contribution in [1.29, 1.82) is 0 Å². The van der Waals surface area contributed by atoms with Gasteiger partial charge in [-0.2, -0.15) is 0 Å². The van der Waals surface area contributed by atoms with Gasteiger partial charge < -0.3 is 19.1 Å². The Morgan fingerprint density at radius 1 is 1.14 bits per heavy atom. The van der Waals surface area contributed by atoms with Crippen LogP contribution in [0.15, 0.2) is 48.7 Å². The van der Waals surface area contributed by atoms with Gasteiger partial charge in [-0.15, -0.1) is 0 Å². The number of fused-ring (bicyclic) bond motifs is 2. The highest BCUT2D eigenvalue weighted by atomic mass is 16.7. The summed E-state index contributed by atoms with van der Waals surface area (Å²) < 4.78 is 16.7. The maximum absolute atomic E-state index is 12.7. The molecule has 0 N–H and O–H groups in total. The fraction of sp³-hybridized carbons (Fsp3) is 0.286. The number of carbonyl (C=O) groups excluding carboxylic acids is 1. The van der Waals surface area contributed by atoms with Gasteiger partial charge >= 0.3 is 0 Å². The Morgan fingerprint density at radius 3 is 2.93 bits per heavy atom. The van der Waals surface area contributed by atoms with Crippen LogP contribution in [0.1, 0.15) is 12.0 Å². The van der Waals surface area contributed by atoms with Crippen LogP contribution in [0.2, 0.25) is 0 Å². The Labute approximate surface area is 161 Å². The number of aromatic nitrogens is 2. The minimum absolute atomic E-state index is 0.0730. The number of para-hydroxylation sites is 2. The average Bonchev–Trinajstić information content (AvgIpc) is 3.37. The topological polar surface area (TPSA) is 73.8 Å². The zero-order chi connectivity index (χ0) is 18.9. The molecule has 5 rings (SSSR count). The normalized spacial score (nSPS) is 17.9. The molecule has 1 aromatic heterocycles. The van der Waals surface area contributed by atoms with E-state index >= 15 is 0 Å². The number of hydrogen-bond acceptors (Lipinski definition) is 6. The van der Waals surface area contributed by atoms with E-state index in [0.717, 1.165) is 28.8 Å². The number of ether oxygens (including phenoxy) is 3. The molecule has 2 aromatic carbocycles. The first-order valence-electron chi connectivity index (χ1n) is 9.29. The molecule has 0 bridgehead atoms. The second-order valence-electron chi connectivity index (χ2n) is 6.93. The molecule has 2 aliphatic rings. The molecule has 1 atom stereocenters. The van der Waals surface area contributed by atoms with Crippen molar-refractivity contribution in [3.63, 3.8) is 0 Å². The maximum Gasteiger partial charge on any atom is 0.233 e. The van der Waals surface area contributed by atoms with Crippen LogP contribution in [0.5, 0.6) is 17.4 Å². The number of rotatable bonds is 4. The highest BCUT2D eigenvalue weighted by molar-refractivity contribution is 5.79. The molecule has 0 saturated carbocycles. The fourth-order valence-electron chi connectivity index (χ4n) is 3.56. The van der Waals surface area contributed by atoms with Crippen molar-refractivity contribution in [2.45, 2.75) is 18.9 Å². The van der Waals surface area contributed by atoms with Crippen LogP contribution in [0, 0.1) is 0 Å². The number of carbonyl (C=O) groups is 1. The highest BCUT2D eigenvalue weighted by Crippen LogP contribution is 2.32. The molecule has 2 aliphatic heterocycles. The minimum atomic E-state index is -0.0730. The van der Waals surface area contributed by atoms with E-state index in [1.807, 2.05) is 47.4 Å². The Morgan fingerprint density at radius 2 is 2.00 bits per heavy atom. The number of benzene rings is 2. The van der Waals surface area contributed by atoms with Gasteiger partial charge in [0.2, 0.25) is 18.6 Å². The van der Waals surface area contributed by atoms with Gasteiger partial charge in [0, 0.05) is 13.0 Å². The van der Waals surface area contributed by atoms with E-state index in [1.54, 1.807) is 6.20 Å². The number of likely N-dealkylation sites (tertiary alicyclic amines) is 1. The molecule has 1 saturated heterocycles. The second-order valence-corrected chi connectivity index (χ2v) is 6.93. The average molecular weight is 377 g/mol. The molecule has 142 valence electrons. The van der Waals surface area contributed by atoms with Crippen LogP contribution >= 0.6 is 0 Å². The molecule has 0 radical (unpaired) electrons. The van der Waals surface area contributed by atoms with Crippen LogP contribution in [0.4, 0.5) is 0 Å². The Balaban J connectivity index is 1.20. The second kappa shape index (κ2) is 6.99. The smallest absolute Gasteiger partial charge is 0.233 e. The quantitative estimate of drug-likeness (QED) is 0.696. The van der Waals surface area contributed by atoms with Crippen molar-refractivity contribution >= 4 is 16.9 Å². The van der Waals surface area contributed by atoms with Gasteiger partial charge in [-0.3, -0.25) is 4.79 Å². The van der Waals surface area contributed by atoms with Crippen molar-refractivity contribution < 1.29 is 19.0 Å². The van der Waals surface area contributed by atoms with E-state index in [0.29, 0.717) is 31.1 Å². The van der Waals surface area contributed by atoms with Gasteiger partial charge in [0.05, 0.1) is 30.2 Å². The third kappa shape index (κ3) is 3.31. The van der Waals surface area contributed by atoms with E-state index in [-0.39, 0.29) is 18.8 Å². The van der Waals surface area contributed by atoms with Crippen molar-refractivity contribution in [1.82, 2.24) is 14.9 Å². The van der Waals surface area contributed by atoms with E-state index < -0.39 is 0 Å². The lowest BCUT2D eigenvalue weighted by Gasteiger charge is -2.17. The largest absolute Gasteiger partial charge is 0.471 e. The first kappa shape index (κ1) is 16.8. The van der Waals surface area contributed by atoms with E-state index in [2.05, 4.69) is 9.97 Å². The van der Waals surface area contributed by atoms with Crippen molar-refractivity contribution in [2.24, 2.45) is 0 Å². The zero-order valence-electron chi connectivity index (χ0n) is 15.2. The van der Waals surface area contributed by atoms with Gasteiger partial charge in [0.1, 0.15) is 6.10 Å². The molecule has 7 heteroatoms. The Hall–Kier alpha value is -3.35. The van der Waals surface area contributed by atoms with E-state index in [4.69, 9.17) is 14.2 Å². The third-order valence-electron chi connectivity index (χ3n) is 5.00. The summed E-state index contributed by atoms with van der Waals surface area (Å²) in [6.07, 6.45) is 2.68. The summed E-state index contributed by atoms with van der Waals surface area (Å²) in [5.41, 5.74) is 2.55. The van der Waals surface area contributed by atoms with Crippen LogP contribution in [0.3, 0.4) is 0 Å². The number of nitrogens with zero attached hydrogens (tertiary/aromatic N) is 3. The van der Waals surface area contributed by atoms with Crippen LogP contribution in [0.25, 0.3) is 11.0 Å². The monoisotopic (exact) mass is 377 g/mol. The third-order valence-corrected chi connectivity index (χ3v) is 5.00. The molecule has 7 nitrogen and oxygen atoms in total. The molecule has 0 spiro atoms. The summed E-state index contributed by atoms with van der Waals surface area (Å²) in [6, 6.07) is 13.3. The van der Waals surface area contributed by atoms with Gasteiger partial charge in [-0.25, -0.2) is 9.97 Å². The molecule has 1 fully saturated rings. The van der Waals surface area contributed by atoms with Crippen LogP contribution in [-0.4, -0.2) is 46.8 Å². The summed E-state index contributed by atoms with van der Waals surface area (Å²) in [5, 5.41) is 0. The lowest BCUT2D eigenvalue weighted by molar-refractivity contribution is -0.129. The number of amides is 1. The highest BCUT2D eigenvalue weighted by Gasteiger charge is 2.28. The zero-order valence-corrected chi connectivity index (χ0v) is 15.2. The van der Waals surface area contributed by atoms with Gasteiger partial charge in [0.15, 0.2) is 11.5 Å². The van der Waals surface area contributed by atoms with Crippen LogP contribution < -0.4 is 14.2 Å². The number of hydrogen-bond donors (Lipinski definition) is 0. The first-order valence-corrected chi connectivity index (χ1v) is 9.29. The summed E-state index contributed by atoms with van der Waals surface area (Å²) >= 11 is 0. The van der Waals surface area contributed by atoms with Gasteiger partial charge in [-0.1, -0.05) is 18.2 Å². The molecule has 0 aliphatic carbocycles. The molecule has 1 amide bonds. The van der Waals surface area contributed by atoms with Gasteiger partial charge in [0.25, 0.3) is 0 Å². The summed E-state index contributed by atoms with van der Waals surface area (Å²) in [4.78, 5) is 23.4.